The van der Waals surface area contributed by atoms with Gasteiger partial charge in [0, 0.05) is 44.8 Å². The van der Waals surface area contributed by atoms with Gasteiger partial charge >= 0.3 is 0 Å². The predicted molar refractivity (Wildman–Crippen MR) is 83.8 cm³/mol. The van der Waals surface area contributed by atoms with Gasteiger partial charge < -0.3 is 9.80 Å². The summed E-state index contributed by atoms with van der Waals surface area (Å²) < 4.78 is 0. The van der Waals surface area contributed by atoms with E-state index in [-0.39, 0.29) is 0 Å². The second kappa shape index (κ2) is 7.21. The van der Waals surface area contributed by atoms with Crippen molar-refractivity contribution in [2.24, 2.45) is 0 Å². The van der Waals surface area contributed by atoms with Crippen LogP contribution in [0.4, 0.5) is 5.69 Å². The Balaban J connectivity index is 1.99. The summed E-state index contributed by atoms with van der Waals surface area (Å²) >= 11 is 0. The fraction of sp³-hybridized carbons (Fsp3) is 0.500. The highest BCUT2D eigenvalue weighted by Crippen LogP contribution is 2.22. The maximum Gasteiger partial charge on any atom is 0.150 e. The molecule has 0 aliphatic carbocycles. The molecular formula is C16H22N4O. The first kappa shape index (κ1) is 15.5. The minimum atomic E-state index is 0.555. The zero-order valence-corrected chi connectivity index (χ0v) is 12.7. The molecule has 0 saturated carbocycles. The van der Waals surface area contributed by atoms with E-state index in [4.69, 9.17) is 0 Å². The van der Waals surface area contributed by atoms with Crippen LogP contribution in [-0.2, 0) is 0 Å². The molecule has 1 fully saturated rings. The molecule has 0 aromatic heterocycles. The summed E-state index contributed by atoms with van der Waals surface area (Å²) in [5.41, 5.74) is 2.08. The van der Waals surface area contributed by atoms with Crippen LogP contribution < -0.4 is 4.90 Å². The van der Waals surface area contributed by atoms with Gasteiger partial charge in [-0.3, -0.25) is 9.69 Å². The van der Waals surface area contributed by atoms with Crippen LogP contribution in [-0.4, -0.2) is 69.4 Å². The van der Waals surface area contributed by atoms with Crippen molar-refractivity contribution in [1.82, 2.24) is 9.80 Å². The zero-order chi connectivity index (χ0) is 15.2. The number of carbonyl (C=O) groups excluding carboxylic acids is 1. The number of aldehydes is 1. The lowest BCUT2D eigenvalue weighted by molar-refractivity contribution is 0.112. The average Bonchev–Trinajstić information content (AvgIpc) is 2.52. The fourth-order valence-corrected chi connectivity index (χ4v) is 2.55. The van der Waals surface area contributed by atoms with Crippen LogP contribution in [0, 0.1) is 11.3 Å². The second-order valence-electron chi connectivity index (χ2n) is 5.64. The van der Waals surface area contributed by atoms with E-state index in [9.17, 15) is 10.1 Å². The third kappa shape index (κ3) is 4.03. The number of nitrogens with zero attached hydrogens (tertiary/aromatic N) is 4. The Kier molecular flexibility index (Phi) is 5.32. The number of carbonyl (C=O) groups is 1. The third-order valence-corrected chi connectivity index (χ3v) is 3.85. The van der Waals surface area contributed by atoms with Gasteiger partial charge in [-0.15, -0.1) is 0 Å². The molecule has 0 radical (unpaired) electrons. The van der Waals surface area contributed by atoms with Crippen molar-refractivity contribution >= 4 is 12.0 Å². The normalized spacial score (nSPS) is 16.0. The number of anilines is 1. The SMILES string of the molecule is CN(C)CCN1CCN(c2ccc(C=O)cc2C#N)CC1. The van der Waals surface area contributed by atoms with Crippen LogP contribution in [0.2, 0.25) is 0 Å². The molecule has 1 aromatic rings. The highest BCUT2D eigenvalue weighted by atomic mass is 16.1. The van der Waals surface area contributed by atoms with Gasteiger partial charge in [0.15, 0.2) is 0 Å². The highest BCUT2D eigenvalue weighted by Gasteiger charge is 2.19. The van der Waals surface area contributed by atoms with Gasteiger partial charge in [-0.25, -0.2) is 0 Å². The van der Waals surface area contributed by atoms with Gasteiger partial charge in [0.05, 0.1) is 11.3 Å². The van der Waals surface area contributed by atoms with E-state index in [1.807, 2.05) is 6.07 Å². The first-order chi connectivity index (χ1) is 10.1. The third-order valence-electron chi connectivity index (χ3n) is 3.85. The lowest BCUT2D eigenvalue weighted by Gasteiger charge is -2.36. The largest absolute Gasteiger partial charge is 0.368 e. The van der Waals surface area contributed by atoms with Crippen LogP contribution in [0.3, 0.4) is 0 Å². The molecule has 0 N–H and O–H groups in total. The second-order valence-corrected chi connectivity index (χ2v) is 5.64. The summed E-state index contributed by atoms with van der Waals surface area (Å²) in [6, 6.07) is 7.53. The van der Waals surface area contributed by atoms with Gasteiger partial charge in [-0.2, -0.15) is 5.26 Å². The Labute approximate surface area is 126 Å². The van der Waals surface area contributed by atoms with Crippen molar-refractivity contribution in [3.05, 3.63) is 29.3 Å². The van der Waals surface area contributed by atoms with Crippen molar-refractivity contribution in [2.45, 2.75) is 0 Å². The van der Waals surface area contributed by atoms with E-state index in [0.29, 0.717) is 11.1 Å². The Morgan fingerprint density at radius 1 is 1.29 bits per heavy atom. The Morgan fingerprint density at radius 2 is 2.00 bits per heavy atom. The number of hydrogen-bond acceptors (Lipinski definition) is 5. The maximum atomic E-state index is 10.8. The van der Waals surface area contributed by atoms with Crippen LogP contribution in [0.5, 0.6) is 0 Å². The molecular weight excluding hydrogens is 264 g/mol. The molecule has 5 heteroatoms. The number of nitriles is 1. The van der Waals surface area contributed by atoms with Crippen molar-refractivity contribution < 1.29 is 4.79 Å². The monoisotopic (exact) mass is 286 g/mol. The molecule has 1 aliphatic heterocycles. The summed E-state index contributed by atoms with van der Waals surface area (Å²) in [5.74, 6) is 0. The molecule has 112 valence electrons. The summed E-state index contributed by atoms with van der Waals surface area (Å²) in [7, 11) is 4.17. The topological polar surface area (TPSA) is 50.6 Å². The minimum absolute atomic E-state index is 0.555. The number of piperazine rings is 1. The number of likely N-dealkylation sites (N-methyl/N-ethyl adjacent to an activating group) is 1. The summed E-state index contributed by atoms with van der Waals surface area (Å²) in [6.07, 6.45) is 0.782. The van der Waals surface area contributed by atoms with Crippen molar-refractivity contribution in [2.75, 3.05) is 58.3 Å². The van der Waals surface area contributed by atoms with E-state index < -0.39 is 0 Å². The average molecular weight is 286 g/mol. The standard InChI is InChI=1S/C16H22N4O/c1-18(2)5-6-19-7-9-20(10-8-19)16-4-3-14(13-21)11-15(16)12-17/h3-4,11,13H,5-10H2,1-2H3. The van der Waals surface area contributed by atoms with E-state index in [2.05, 4.69) is 34.9 Å². The minimum Gasteiger partial charge on any atom is -0.368 e. The number of benzene rings is 1. The molecule has 1 aliphatic rings. The quantitative estimate of drug-likeness (QED) is 0.757. The van der Waals surface area contributed by atoms with Crippen LogP contribution >= 0.6 is 0 Å². The van der Waals surface area contributed by atoms with Gasteiger partial charge in [-0.05, 0) is 32.3 Å². The van der Waals surface area contributed by atoms with Crippen LogP contribution in [0.25, 0.3) is 0 Å². The summed E-state index contributed by atoms with van der Waals surface area (Å²) in [4.78, 5) is 17.7. The molecule has 0 atom stereocenters. The smallest absolute Gasteiger partial charge is 0.150 e. The van der Waals surface area contributed by atoms with Crippen LogP contribution in [0.15, 0.2) is 18.2 Å². The molecule has 0 unspecified atom stereocenters. The summed E-state index contributed by atoms with van der Waals surface area (Å²) in [6.45, 7) is 6.00. The molecule has 1 aromatic carbocycles. The maximum absolute atomic E-state index is 10.8. The van der Waals surface area contributed by atoms with Gasteiger partial charge in [-0.1, -0.05) is 0 Å². The number of hydrogen-bond donors (Lipinski definition) is 0. The molecule has 2 rings (SSSR count). The van der Waals surface area contributed by atoms with E-state index >= 15 is 0 Å². The number of rotatable bonds is 5. The molecule has 0 bridgehead atoms. The Hall–Kier alpha value is -1.90. The molecule has 1 heterocycles. The first-order valence-electron chi connectivity index (χ1n) is 7.25. The summed E-state index contributed by atoms with van der Waals surface area (Å²) in [5, 5.41) is 9.26. The van der Waals surface area contributed by atoms with Gasteiger partial charge in [0.1, 0.15) is 12.4 Å². The lowest BCUT2D eigenvalue weighted by Crippen LogP contribution is -2.48. The molecule has 1 saturated heterocycles. The van der Waals surface area contributed by atoms with E-state index in [1.54, 1.807) is 12.1 Å². The van der Waals surface area contributed by atoms with E-state index in [0.717, 1.165) is 51.2 Å². The Bertz CT molecular complexity index is 528. The fourth-order valence-electron chi connectivity index (χ4n) is 2.55. The Morgan fingerprint density at radius 3 is 2.57 bits per heavy atom. The highest BCUT2D eigenvalue weighted by molar-refractivity contribution is 5.78. The van der Waals surface area contributed by atoms with Gasteiger partial charge in [0.2, 0.25) is 0 Å². The van der Waals surface area contributed by atoms with Gasteiger partial charge in [0.25, 0.3) is 0 Å². The van der Waals surface area contributed by atoms with E-state index in [1.165, 1.54) is 0 Å². The first-order valence-corrected chi connectivity index (χ1v) is 7.25. The molecule has 0 amide bonds. The predicted octanol–water partition coefficient (Wildman–Crippen LogP) is 1.05. The molecule has 5 nitrogen and oxygen atoms in total. The zero-order valence-electron chi connectivity index (χ0n) is 12.7. The van der Waals surface area contributed by atoms with Crippen LogP contribution in [0.1, 0.15) is 15.9 Å². The van der Waals surface area contributed by atoms with Crippen molar-refractivity contribution in [3.63, 3.8) is 0 Å². The molecule has 21 heavy (non-hydrogen) atoms. The molecule has 0 spiro atoms. The van der Waals surface area contributed by atoms with Crippen molar-refractivity contribution in [3.8, 4) is 6.07 Å². The van der Waals surface area contributed by atoms with Crippen molar-refractivity contribution in [1.29, 1.82) is 5.26 Å². The lowest BCUT2D eigenvalue weighted by atomic mass is 10.1.